The normalized spacial score (nSPS) is 10.1. The van der Waals surface area contributed by atoms with E-state index < -0.39 is 6.09 Å². The highest BCUT2D eigenvalue weighted by atomic mass is 16.6. The number of hydrogen-bond donors (Lipinski definition) is 2. The van der Waals surface area contributed by atoms with Crippen molar-refractivity contribution in [1.29, 1.82) is 0 Å². The number of nitrogens with one attached hydrogen (secondary N) is 1. The quantitative estimate of drug-likeness (QED) is 0.489. The molecule has 1 amide bonds. The minimum atomic E-state index is -0.779. The molecule has 0 radical (unpaired) electrons. The second kappa shape index (κ2) is 10.2. The summed E-state index contributed by atoms with van der Waals surface area (Å²) in [5.41, 5.74) is 4.74. The molecule has 0 saturated carbocycles. The summed E-state index contributed by atoms with van der Waals surface area (Å²) in [7, 11) is 1.86. The highest BCUT2D eigenvalue weighted by Gasteiger charge is 1.93. The molecule has 0 aliphatic heterocycles. The molecule has 6 nitrogen and oxygen atoms in total. The lowest BCUT2D eigenvalue weighted by atomic mass is 10.7. The van der Waals surface area contributed by atoms with E-state index in [-0.39, 0.29) is 6.61 Å². The molecular weight excluding hydrogens is 188 g/mol. The Kier molecular flexibility index (Phi) is 9.61. The van der Waals surface area contributed by atoms with Crippen LogP contribution >= 0.6 is 0 Å². The van der Waals surface area contributed by atoms with E-state index in [2.05, 4.69) is 10.1 Å². The maximum Gasteiger partial charge on any atom is 0.404 e. The molecule has 0 aliphatic rings. The minimum Gasteiger partial charge on any atom is -0.447 e. The Morgan fingerprint density at radius 1 is 1.14 bits per heavy atom. The predicted octanol–water partition coefficient (Wildman–Crippen LogP) is -0.666. The van der Waals surface area contributed by atoms with Crippen molar-refractivity contribution in [3.8, 4) is 0 Å². The summed E-state index contributed by atoms with van der Waals surface area (Å²) in [5, 5.41) is 2.95. The van der Waals surface area contributed by atoms with E-state index in [1.54, 1.807) is 0 Å². The van der Waals surface area contributed by atoms with Gasteiger partial charge in [0, 0.05) is 6.54 Å². The molecule has 0 unspecified atom stereocenters. The van der Waals surface area contributed by atoms with Gasteiger partial charge in [0.2, 0.25) is 0 Å². The third-order valence-electron chi connectivity index (χ3n) is 1.34. The summed E-state index contributed by atoms with van der Waals surface area (Å²) in [5.74, 6) is 0. The maximum absolute atomic E-state index is 10.1. The van der Waals surface area contributed by atoms with Crippen LogP contribution in [0.5, 0.6) is 0 Å². The summed E-state index contributed by atoms with van der Waals surface area (Å²) < 4.78 is 14.7. The van der Waals surface area contributed by atoms with Crippen molar-refractivity contribution in [3.05, 3.63) is 0 Å². The number of primary amides is 1. The monoisotopic (exact) mass is 206 g/mol. The van der Waals surface area contributed by atoms with Crippen molar-refractivity contribution < 1.29 is 19.0 Å². The number of carbonyl (C=O) groups excluding carboxylic acids is 1. The van der Waals surface area contributed by atoms with Crippen LogP contribution in [0.3, 0.4) is 0 Å². The van der Waals surface area contributed by atoms with Crippen LogP contribution in [0.25, 0.3) is 0 Å². The Hall–Kier alpha value is -0.850. The van der Waals surface area contributed by atoms with Gasteiger partial charge < -0.3 is 25.3 Å². The van der Waals surface area contributed by atoms with Gasteiger partial charge in [-0.25, -0.2) is 4.79 Å². The molecule has 0 heterocycles. The van der Waals surface area contributed by atoms with Crippen LogP contribution in [0, 0.1) is 0 Å². The maximum atomic E-state index is 10.1. The topological polar surface area (TPSA) is 82.8 Å². The molecule has 0 rings (SSSR count). The summed E-state index contributed by atoms with van der Waals surface area (Å²) in [6.45, 7) is 3.05. The number of likely N-dealkylation sites (N-methyl/N-ethyl adjacent to an activating group) is 1. The zero-order chi connectivity index (χ0) is 10.6. The summed E-state index contributed by atoms with van der Waals surface area (Å²) >= 11 is 0. The van der Waals surface area contributed by atoms with E-state index >= 15 is 0 Å². The first kappa shape index (κ1) is 13.2. The smallest absolute Gasteiger partial charge is 0.404 e. The van der Waals surface area contributed by atoms with Gasteiger partial charge in [-0.15, -0.1) is 0 Å². The van der Waals surface area contributed by atoms with Gasteiger partial charge in [-0.05, 0) is 7.05 Å². The molecule has 0 aliphatic carbocycles. The lowest BCUT2D eigenvalue weighted by Crippen LogP contribution is -2.18. The summed E-state index contributed by atoms with van der Waals surface area (Å²) in [4.78, 5) is 10.1. The lowest BCUT2D eigenvalue weighted by molar-refractivity contribution is 0.0304. The fourth-order valence-electron chi connectivity index (χ4n) is 0.697. The molecule has 84 valence electrons. The van der Waals surface area contributed by atoms with Crippen LogP contribution in [0.15, 0.2) is 0 Å². The second-order valence-corrected chi connectivity index (χ2v) is 2.50. The van der Waals surface area contributed by atoms with Gasteiger partial charge in [0.05, 0.1) is 26.4 Å². The third kappa shape index (κ3) is 11.2. The van der Waals surface area contributed by atoms with Crippen molar-refractivity contribution in [2.24, 2.45) is 5.73 Å². The summed E-state index contributed by atoms with van der Waals surface area (Å²) in [6.07, 6.45) is -0.779. The molecule has 0 saturated heterocycles. The van der Waals surface area contributed by atoms with Gasteiger partial charge in [-0.2, -0.15) is 0 Å². The first-order valence-corrected chi connectivity index (χ1v) is 4.49. The van der Waals surface area contributed by atoms with E-state index in [9.17, 15) is 4.79 Å². The molecule has 0 bridgehead atoms. The Balaban J connectivity index is 2.88. The van der Waals surface area contributed by atoms with Gasteiger partial charge in [-0.1, -0.05) is 0 Å². The van der Waals surface area contributed by atoms with Crippen molar-refractivity contribution in [3.63, 3.8) is 0 Å². The molecule has 0 fully saturated rings. The second-order valence-electron chi connectivity index (χ2n) is 2.50. The predicted molar refractivity (Wildman–Crippen MR) is 51.1 cm³/mol. The Labute approximate surface area is 83.7 Å². The number of amides is 1. The Morgan fingerprint density at radius 2 is 1.71 bits per heavy atom. The van der Waals surface area contributed by atoms with Gasteiger partial charge in [0.1, 0.15) is 6.61 Å². The molecule has 0 aromatic carbocycles. The summed E-state index contributed by atoms with van der Waals surface area (Å²) in [6, 6.07) is 0. The van der Waals surface area contributed by atoms with Crippen LogP contribution in [-0.4, -0.2) is 52.7 Å². The van der Waals surface area contributed by atoms with Crippen LogP contribution < -0.4 is 11.1 Å². The zero-order valence-corrected chi connectivity index (χ0v) is 8.45. The SMILES string of the molecule is CNCCOCCOCCOC(N)=O. The highest BCUT2D eigenvalue weighted by Crippen LogP contribution is 1.80. The standard InChI is InChI=1S/C8H18N2O4/c1-10-2-3-12-4-5-13-6-7-14-8(9)11/h10H,2-7H2,1H3,(H2,9,11). The number of carbonyl (C=O) groups is 1. The average Bonchev–Trinajstić information content (AvgIpc) is 2.15. The van der Waals surface area contributed by atoms with E-state index in [4.69, 9.17) is 15.2 Å². The molecule has 3 N–H and O–H groups in total. The van der Waals surface area contributed by atoms with Gasteiger partial charge in [0.25, 0.3) is 0 Å². The highest BCUT2D eigenvalue weighted by molar-refractivity contribution is 5.64. The first-order chi connectivity index (χ1) is 6.77. The molecular formula is C8H18N2O4. The molecule has 0 spiro atoms. The largest absolute Gasteiger partial charge is 0.447 e. The molecule has 6 heteroatoms. The van der Waals surface area contributed by atoms with Gasteiger partial charge in [-0.3, -0.25) is 0 Å². The molecule has 14 heavy (non-hydrogen) atoms. The average molecular weight is 206 g/mol. The van der Waals surface area contributed by atoms with Crippen LogP contribution in [0.1, 0.15) is 0 Å². The van der Waals surface area contributed by atoms with Crippen molar-refractivity contribution in [1.82, 2.24) is 5.32 Å². The molecule has 0 aromatic rings. The molecule has 0 aromatic heterocycles. The Morgan fingerprint density at radius 3 is 2.29 bits per heavy atom. The van der Waals surface area contributed by atoms with Gasteiger partial charge in [0.15, 0.2) is 0 Å². The van der Waals surface area contributed by atoms with E-state index in [0.717, 1.165) is 6.54 Å². The zero-order valence-electron chi connectivity index (χ0n) is 8.45. The fraction of sp³-hybridized carbons (Fsp3) is 0.875. The minimum absolute atomic E-state index is 0.186. The first-order valence-electron chi connectivity index (χ1n) is 4.49. The van der Waals surface area contributed by atoms with Crippen molar-refractivity contribution in [2.75, 3.05) is 46.6 Å². The van der Waals surface area contributed by atoms with Crippen LogP contribution in [0.2, 0.25) is 0 Å². The number of ether oxygens (including phenoxy) is 3. The third-order valence-corrected chi connectivity index (χ3v) is 1.34. The van der Waals surface area contributed by atoms with Crippen LogP contribution in [0.4, 0.5) is 4.79 Å². The number of hydrogen-bond acceptors (Lipinski definition) is 5. The van der Waals surface area contributed by atoms with E-state index in [0.29, 0.717) is 26.4 Å². The van der Waals surface area contributed by atoms with E-state index in [1.807, 2.05) is 7.05 Å². The van der Waals surface area contributed by atoms with Gasteiger partial charge >= 0.3 is 6.09 Å². The van der Waals surface area contributed by atoms with E-state index in [1.165, 1.54) is 0 Å². The number of rotatable bonds is 9. The fourth-order valence-corrected chi connectivity index (χ4v) is 0.697. The van der Waals surface area contributed by atoms with Crippen molar-refractivity contribution in [2.45, 2.75) is 0 Å². The molecule has 0 atom stereocenters. The van der Waals surface area contributed by atoms with Crippen molar-refractivity contribution >= 4 is 6.09 Å². The number of nitrogens with two attached hydrogens (primary N) is 1. The Bertz CT molecular complexity index is 143. The van der Waals surface area contributed by atoms with Crippen LogP contribution in [-0.2, 0) is 14.2 Å². The lowest BCUT2D eigenvalue weighted by Gasteiger charge is -2.05.